The average molecular weight is 471 g/mol. The highest BCUT2D eigenvalue weighted by molar-refractivity contribution is 5.68. The molecule has 5 aromatic rings. The second-order valence-electron chi connectivity index (χ2n) is 8.80. The summed E-state index contributed by atoms with van der Waals surface area (Å²) in [4.78, 5) is 11.8. The summed E-state index contributed by atoms with van der Waals surface area (Å²) in [6.07, 6.45) is 0. The van der Waals surface area contributed by atoms with E-state index in [1.165, 1.54) is 0 Å². The van der Waals surface area contributed by atoms with Crippen molar-refractivity contribution in [1.29, 1.82) is 0 Å². The number of rotatable bonds is 7. The summed E-state index contributed by atoms with van der Waals surface area (Å²) in [6, 6.07) is 43.3. The summed E-state index contributed by atoms with van der Waals surface area (Å²) in [5, 5.41) is 12.2. The summed E-state index contributed by atoms with van der Waals surface area (Å²) >= 11 is 0. The summed E-state index contributed by atoms with van der Waals surface area (Å²) in [5.41, 5.74) is 13.1. The molecule has 0 bridgehead atoms. The third-order valence-corrected chi connectivity index (χ3v) is 6.59. The predicted molar refractivity (Wildman–Crippen MR) is 145 cm³/mol. The largest absolute Gasteiger partial charge is 0.398 e. The maximum atomic E-state index is 12.2. The molecule has 0 aromatic heterocycles. The Morgan fingerprint density at radius 2 is 0.806 bits per heavy atom. The van der Waals surface area contributed by atoms with Crippen LogP contribution in [0.2, 0.25) is 0 Å². The first kappa shape index (κ1) is 23.1. The lowest BCUT2D eigenvalue weighted by molar-refractivity contribution is -0.385. The van der Waals surface area contributed by atoms with Gasteiger partial charge in [0.1, 0.15) is 0 Å². The van der Waals surface area contributed by atoms with Crippen LogP contribution in [-0.4, -0.2) is 4.92 Å². The van der Waals surface area contributed by atoms with Crippen molar-refractivity contribution in [2.75, 3.05) is 5.73 Å². The summed E-state index contributed by atoms with van der Waals surface area (Å²) in [6.45, 7) is 0. The van der Waals surface area contributed by atoms with Gasteiger partial charge >= 0.3 is 0 Å². The van der Waals surface area contributed by atoms with Crippen molar-refractivity contribution in [1.82, 2.24) is 0 Å². The van der Waals surface area contributed by atoms with Gasteiger partial charge in [0.05, 0.1) is 4.92 Å². The monoisotopic (exact) mass is 470 g/mol. The third kappa shape index (κ3) is 4.62. The zero-order valence-corrected chi connectivity index (χ0v) is 19.7. The van der Waals surface area contributed by atoms with Crippen LogP contribution in [0.1, 0.15) is 45.2 Å². The molecule has 0 radical (unpaired) electrons. The lowest BCUT2D eigenvalue weighted by atomic mass is 9.79. The second kappa shape index (κ2) is 10.3. The molecule has 0 saturated carbocycles. The number of benzene rings is 5. The molecule has 176 valence electrons. The fourth-order valence-corrected chi connectivity index (χ4v) is 4.95. The van der Waals surface area contributed by atoms with Crippen LogP contribution < -0.4 is 5.73 Å². The zero-order valence-electron chi connectivity index (χ0n) is 19.7. The number of nitro groups is 1. The molecule has 0 saturated heterocycles. The molecule has 4 nitrogen and oxygen atoms in total. The quantitative estimate of drug-likeness (QED) is 0.116. The van der Waals surface area contributed by atoms with Gasteiger partial charge in [0.15, 0.2) is 0 Å². The molecule has 5 aromatic carbocycles. The smallest absolute Gasteiger partial charge is 0.270 e. The zero-order chi connectivity index (χ0) is 24.9. The molecule has 0 aliphatic carbocycles. The number of nitrogen functional groups attached to an aromatic ring is 1. The van der Waals surface area contributed by atoms with Gasteiger partial charge in [-0.2, -0.15) is 0 Å². The SMILES string of the molecule is Nc1c(C(c2ccccc2)c2ccccc2)cc([N+](=O)[O-])cc1C(c1ccccc1)c1ccccc1. The van der Waals surface area contributed by atoms with Crippen LogP contribution in [0.5, 0.6) is 0 Å². The fraction of sp³-hybridized carbons (Fsp3) is 0.0625. The molecule has 0 unspecified atom stereocenters. The Labute approximate surface area is 210 Å². The summed E-state index contributed by atoms with van der Waals surface area (Å²) < 4.78 is 0. The van der Waals surface area contributed by atoms with Gasteiger partial charge in [-0.3, -0.25) is 10.1 Å². The van der Waals surface area contributed by atoms with E-state index in [1.54, 1.807) is 12.1 Å². The molecule has 5 rings (SSSR count). The molecule has 0 amide bonds. The molecular weight excluding hydrogens is 444 g/mol. The Balaban J connectivity index is 1.80. The number of non-ortho nitro benzene ring substituents is 1. The highest BCUT2D eigenvalue weighted by Gasteiger charge is 2.28. The molecule has 4 heteroatoms. The lowest BCUT2D eigenvalue weighted by Gasteiger charge is -2.26. The van der Waals surface area contributed by atoms with E-state index >= 15 is 0 Å². The molecule has 0 heterocycles. The first-order valence-electron chi connectivity index (χ1n) is 11.9. The Morgan fingerprint density at radius 1 is 0.528 bits per heavy atom. The molecular formula is C32H26N2O2. The number of nitrogens with two attached hydrogens (primary N) is 1. The molecule has 0 spiro atoms. The third-order valence-electron chi connectivity index (χ3n) is 6.59. The first-order valence-corrected chi connectivity index (χ1v) is 11.9. The van der Waals surface area contributed by atoms with Crippen LogP contribution in [0.4, 0.5) is 11.4 Å². The van der Waals surface area contributed by atoms with Gasteiger partial charge in [0, 0.05) is 29.7 Å². The van der Waals surface area contributed by atoms with E-state index in [0.29, 0.717) is 5.69 Å². The van der Waals surface area contributed by atoms with Crippen molar-refractivity contribution in [3.05, 3.63) is 177 Å². The summed E-state index contributed by atoms with van der Waals surface area (Å²) in [5.74, 6) is -0.503. The molecule has 2 N–H and O–H groups in total. The van der Waals surface area contributed by atoms with Gasteiger partial charge in [-0.25, -0.2) is 0 Å². The van der Waals surface area contributed by atoms with Crippen molar-refractivity contribution in [2.45, 2.75) is 11.8 Å². The Hall–Kier alpha value is -4.70. The van der Waals surface area contributed by atoms with Gasteiger partial charge < -0.3 is 5.73 Å². The van der Waals surface area contributed by atoms with Crippen molar-refractivity contribution >= 4 is 11.4 Å². The van der Waals surface area contributed by atoms with Crippen LogP contribution in [0.3, 0.4) is 0 Å². The molecule has 0 atom stereocenters. The van der Waals surface area contributed by atoms with Crippen LogP contribution >= 0.6 is 0 Å². The number of hydrogen-bond donors (Lipinski definition) is 1. The van der Waals surface area contributed by atoms with E-state index in [1.807, 2.05) is 121 Å². The first-order chi connectivity index (χ1) is 17.6. The van der Waals surface area contributed by atoms with Crippen LogP contribution in [0.15, 0.2) is 133 Å². The number of anilines is 1. The van der Waals surface area contributed by atoms with Gasteiger partial charge in [-0.1, -0.05) is 121 Å². The Bertz CT molecular complexity index is 1270. The minimum absolute atomic E-state index is 0.0305. The molecule has 0 aliphatic heterocycles. The average Bonchev–Trinajstić information content (AvgIpc) is 2.93. The molecule has 0 aliphatic rings. The lowest BCUT2D eigenvalue weighted by Crippen LogP contribution is -2.13. The van der Waals surface area contributed by atoms with Crippen molar-refractivity contribution < 1.29 is 4.92 Å². The van der Waals surface area contributed by atoms with Crippen molar-refractivity contribution in [3.63, 3.8) is 0 Å². The predicted octanol–water partition coefficient (Wildman–Crippen LogP) is 7.54. The van der Waals surface area contributed by atoms with E-state index in [0.717, 1.165) is 33.4 Å². The maximum Gasteiger partial charge on any atom is 0.270 e. The highest BCUT2D eigenvalue weighted by atomic mass is 16.6. The Morgan fingerprint density at radius 3 is 1.06 bits per heavy atom. The van der Waals surface area contributed by atoms with Crippen LogP contribution in [0.25, 0.3) is 0 Å². The summed E-state index contributed by atoms with van der Waals surface area (Å²) in [7, 11) is 0. The van der Waals surface area contributed by atoms with Crippen molar-refractivity contribution in [2.24, 2.45) is 0 Å². The minimum Gasteiger partial charge on any atom is -0.398 e. The van der Waals surface area contributed by atoms with E-state index < -0.39 is 0 Å². The number of hydrogen-bond acceptors (Lipinski definition) is 3. The minimum atomic E-state index is -0.327. The number of nitro benzene ring substituents is 1. The van der Waals surface area contributed by atoms with E-state index in [9.17, 15) is 10.1 Å². The standard InChI is InChI=1S/C32H26N2O2/c33-32-28(30(23-13-5-1-6-14-23)24-15-7-2-8-16-24)21-27(34(35)36)22-29(32)31(25-17-9-3-10-18-25)26-19-11-4-12-20-26/h1-22,30-31H,33H2. The topological polar surface area (TPSA) is 69.2 Å². The van der Waals surface area contributed by atoms with E-state index in [4.69, 9.17) is 5.73 Å². The normalized spacial score (nSPS) is 11.1. The Kier molecular flexibility index (Phi) is 6.59. The van der Waals surface area contributed by atoms with Crippen molar-refractivity contribution in [3.8, 4) is 0 Å². The van der Waals surface area contributed by atoms with Gasteiger partial charge in [-0.15, -0.1) is 0 Å². The van der Waals surface area contributed by atoms with Crippen LogP contribution in [0, 0.1) is 10.1 Å². The molecule has 0 fully saturated rings. The van der Waals surface area contributed by atoms with E-state index in [-0.39, 0.29) is 22.4 Å². The van der Waals surface area contributed by atoms with Gasteiger partial charge in [-0.05, 0) is 33.4 Å². The van der Waals surface area contributed by atoms with Gasteiger partial charge in [0.25, 0.3) is 5.69 Å². The molecule has 36 heavy (non-hydrogen) atoms. The highest BCUT2D eigenvalue weighted by Crippen LogP contribution is 2.43. The van der Waals surface area contributed by atoms with E-state index in [2.05, 4.69) is 0 Å². The fourth-order valence-electron chi connectivity index (χ4n) is 4.95. The second-order valence-corrected chi connectivity index (χ2v) is 8.80. The van der Waals surface area contributed by atoms with Gasteiger partial charge in [0.2, 0.25) is 0 Å². The number of nitrogens with zero attached hydrogens (tertiary/aromatic N) is 1. The van der Waals surface area contributed by atoms with Crippen LogP contribution in [-0.2, 0) is 0 Å². The maximum absolute atomic E-state index is 12.2.